The number of carbonyl (C=O) groups is 6. The van der Waals surface area contributed by atoms with Gasteiger partial charge in [0.2, 0.25) is 0 Å². The molecule has 0 amide bonds. The predicted molar refractivity (Wildman–Crippen MR) is 235 cm³/mol. The highest BCUT2D eigenvalue weighted by Crippen LogP contribution is 2.41. The van der Waals surface area contributed by atoms with Crippen LogP contribution in [0.2, 0.25) is 0 Å². The number of fused-ring (bicyclic) bond motifs is 8. The third-order valence-corrected chi connectivity index (χ3v) is 10.4. The highest BCUT2D eigenvalue weighted by atomic mass is 16.6. The number of Topliss-reactive ketones (excluding diaryl/α,β-unsaturated/α-hetero) is 1. The molecule has 0 atom stereocenters. The summed E-state index contributed by atoms with van der Waals surface area (Å²) in [4.78, 5) is 73.5. The van der Waals surface area contributed by atoms with E-state index in [9.17, 15) is 28.8 Å². The Kier molecular flexibility index (Phi) is 17.0. The molecular weight excluding hydrogens is 841 g/mol. The Morgan fingerprint density at radius 1 is 0.431 bits per heavy atom. The summed E-state index contributed by atoms with van der Waals surface area (Å²) in [5.41, 5.74) is 7.93. The van der Waals surface area contributed by atoms with Gasteiger partial charge in [0.25, 0.3) is 0 Å². The minimum absolute atomic E-state index is 0.0964. The molecule has 4 aromatic rings. The fourth-order valence-corrected chi connectivity index (χ4v) is 7.81. The molecule has 65 heavy (non-hydrogen) atoms. The van der Waals surface area contributed by atoms with Crippen LogP contribution in [0.4, 0.5) is 0 Å². The molecule has 8 bridgehead atoms. The molecule has 0 radical (unpaired) electrons. The van der Waals surface area contributed by atoms with Crippen molar-refractivity contribution in [2.45, 2.75) is 71.9 Å². The lowest BCUT2D eigenvalue weighted by molar-refractivity contribution is -0.154. The Morgan fingerprint density at radius 3 is 0.923 bits per heavy atom. The lowest BCUT2D eigenvalue weighted by Crippen LogP contribution is -2.13. The first-order valence-electron chi connectivity index (χ1n) is 20.4. The van der Waals surface area contributed by atoms with E-state index in [4.69, 9.17) is 37.9 Å². The summed E-state index contributed by atoms with van der Waals surface area (Å²) in [6.07, 6.45) is 2.03. The first-order chi connectivity index (χ1) is 31.2. The maximum Gasteiger partial charge on any atom is 0.330 e. The van der Waals surface area contributed by atoms with Crippen molar-refractivity contribution in [3.8, 4) is 23.0 Å². The molecule has 5 rings (SSSR count). The van der Waals surface area contributed by atoms with Gasteiger partial charge in [-0.1, -0.05) is 13.2 Å². The van der Waals surface area contributed by atoms with Crippen LogP contribution in [0, 0.1) is 0 Å². The van der Waals surface area contributed by atoms with Crippen LogP contribution in [0.25, 0.3) is 0 Å². The maximum atomic E-state index is 12.7. The van der Waals surface area contributed by atoms with Gasteiger partial charge < -0.3 is 42.6 Å². The monoisotopic (exact) mass is 892 g/mol. The number of methoxy groups -OCH3 is 5. The first-order valence-corrected chi connectivity index (χ1v) is 20.4. The van der Waals surface area contributed by atoms with Crippen molar-refractivity contribution in [2.75, 3.05) is 35.5 Å². The fraction of sp³-hybridized carbons (Fsp3) is 0.320. The van der Waals surface area contributed by atoms with Crippen molar-refractivity contribution in [1.82, 2.24) is 0 Å². The Balaban J connectivity index is 1.82. The largest absolute Gasteiger partial charge is 0.496 e. The SMILES string of the molecule is C=CC(=O)OCc1cc2c(OC)c(c1)Cc1cc(COC(=O)CC(=O)OC)cc(c1OC)Cc1cc(COC(=O)C=C)cc(c1OC)Cc1cc(COC(=O)CC(C)=O)cc(c1OC)C2. The molecule has 0 fully saturated rings. The van der Waals surface area contributed by atoms with Gasteiger partial charge in [-0.25, -0.2) is 9.59 Å². The Hall–Kier alpha value is -7.42. The lowest BCUT2D eigenvalue weighted by atomic mass is 9.88. The first kappa shape index (κ1) is 48.6. The van der Waals surface area contributed by atoms with E-state index in [0.29, 0.717) is 89.8 Å². The van der Waals surface area contributed by atoms with Crippen LogP contribution in [0.5, 0.6) is 23.0 Å². The van der Waals surface area contributed by atoms with E-state index in [1.54, 1.807) is 28.4 Å². The summed E-state index contributed by atoms with van der Waals surface area (Å²) in [5, 5.41) is 0. The zero-order valence-electron chi connectivity index (χ0n) is 37.4. The Morgan fingerprint density at radius 2 is 0.692 bits per heavy atom. The van der Waals surface area contributed by atoms with Gasteiger partial charge in [0.15, 0.2) is 0 Å². The lowest BCUT2D eigenvalue weighted by Gasteiger charge is -2.23. The molecule has 342 valence electrons. The number of hydrogen-bond acceptors (Lipinski definition) is 15. The van der Waals surface area contributed by atoms with Crippen molar-refractivity contribution in [1.29, 1.82) is 0 Å². The van der Waals surface area contributed by atoms with E-state index < -0.39 is 36.3 Å². The standard InChI is InChI=1S/C50H52O15/c1-9-42(52)62-25-30-12-34-20-38-16-32(27-64-45(55)11-29(3)51)17-39(49(38)60-7)21-35-13-31(26-63-43(53)10-2)15-37(48(35)59-6)23-41-19-33(28-65-46(56)24-44(54)57-4)18-40(50(41)61-8)22-36(14-30)47(34)58-5/h9-10,12-19H,1-2,11,20-28H2,3-8H3. The molecule has 0 heterocycles. The van der Waals surface area contributed by atoms with Crippen molar-refractivity contribution in [2.24, 2.45) is 0 Å². The van der Waals surface area contributed by atoms with Crippen LogP contribution in [0.15, 0.2) is 73.8 Å². The smallest absolute Gasteiger partial charge is 0.330 e. The third kappa shape index (κ3) is 12.8. The van der Waals surface area contributed by atoms with E-state index in [-0.39, 0.29) is 64.3 Å². The summed E-state index contributed by atoms with van der Waals surface area (Å²) in [6, 6.07) is 14.8. The number of esters is 5. The summed E-state index contributed by atoms with van der Waals surface area (Å²) >= 11 is 0. The topological polar surface area (TPSA) is 185 Å². The maximum absolute atomic E-state index is 12.7. The molecule has 0 N–H and O–H groups in total. The van der Waals surface area contributed by atoms with E-state index in [0.717, 1.165) is 12.2 Å². The average molecular weight is 893 g/mol. The number of ether oxygens (including phenoxy) is 9. The molecule has 1 aliphatic rings. The molecule has 15 nitrogen and oxygen atoms in total. The van der Waals surface area contributed by atoms with Crippen LogP contribution >= 0.6 is 0 Å². The second-order valence-corrected chi connectivity index (χ2v) is 15.1. The molecule has 0 unspecified atom stereocenters. The quantitative estimate of drug-likeness (QED) is 0.0402. The summed E-state index contributed by atoms with van der Waals surface area (Å²) in [6.45, 7) is 7.81. The van der Waals surface area contributed by atoms with Crippen LogP contribution in [0.1, 0.15) is 86.5 Å². The number of carbonyl (C=O) groups excluding carboxylic acids is 6. The number of benzene rings is 4. The third-order valence-electron chi connectivity index (χ3n) is 10.4. The van der Waals surface area contributed by atoms with Gasteiger partial charge in [0, 0.05) is 37.8 Å². The molecule has 0 aromatic heterocycles. The Labute approximate surface area is 377 Å². The van der Waals surface area contributed by atoms with E-state index in [1.165, 1.54) is 14.0 Å². The molecule has 0 spiro atoms. The number of rotatable bonds is 18. The molecule has 0 saturated heterocycles. The van der Waals surface area contributed by atoms with Crippen molar-refractivity contribution < 1.29 is 71.4 Å². The van der Waals surface area contributed by atoms with E-state index in [1.807, 2.05) is 48.5 Å². The van der Waals surface area contributed by atoms with Gasteiger partial charge in [-0.15, -0.1) is 0 Å². The molecule has 4 aromatic carbocycles. The zero-order chi connectivity index (χ0) is 47.2. The number of hydrogen-bond donors (Lipinski definition) is 0. The van der Waals surface area contributed by atoms with Crippen molar-refractivity contribution in [3.05, 3.63) is 141 Å². The van der Waals surface area contributed by atoms with Crippen molar-refractivity contribution in [3.63, 3.8) is 0 Å². The second-order valence-electron chi connectivity index (χ2n) is 15.1. The zero-order valence-corrected chi connectivity index (χ0v) is 37.4. The molecule has 0 aliphatic heterocycles. The van der Waals surface area contributed by atoms with Gasteiger partial charge in [0.1, 0.15) is 68.1 Å². The van der Waals surface area contributed by atoms with Gasteiger partial charge in [-0.3, -0.25) is 19.2 Å². The highest BCUT2D eigenvalue weighted by molar-refractivity contribution is 5.94. The summed E-state index contributed by atoms with van der Waals surface area (Å²) < 4.78 is 51.4. The minimum Gasteiger partial charge on any atom is -0.496 e. The molecule has 0 saturated carbocycles. The van der Waals surface area contributed by atoms with Crippen LogP contribution in [-0.2, 0) is 105 Å². The van der Waals surface area contributed by atoms with Crippen LogP contribution in [0.3, 0.4) is 0 Å². The van der Waals surface area contributed by atoms with Gasteiger partial charge >= 0.3 is 29.8 Å². The molecule has 1 aliphatic carbocycles. The van der Waals surface area contributed by atoms with E-state index in [2.05, 4.69) is 17.9 Å². The molecular formula is C50H52O15. The van der Waals surface area contributed by atoms with Gasteiger partial charge in [0.05, 0.1) is 35.5 Å². The fourth-order valence-electron chi connectivity index (χ4n) is 7.81. The van der Waals surface area contributed by atoms with E-state index >= 15 is 0 Å². The highest BCUT2D eigenvalue weighted by Gasteiger charge is 2.25. The second kappa shape index (κ2) is 22.8. The number of ketones is 1. The van der Waals surface area contributed by atoms with Gasteiger partial charge in [-0.2, -0.15) is 0 Å². The summed E-state index contributed by atoms with van der Waals surface area (Å²) in [7, 11) is 7.38. The minimum atomic E-state index is -0.776. The Bertz CT molecular complexity index is 2370. The van der Waals surface area contributed by atoms with Gasteiger partial charge in [-0.05, 0) is 122 Å². The summed E-state index contributed by atoms with van der Waals surface area (Å²) in [5.74, 6) is -1.68. The predicted octanol–water partition coefficient (Wildman–Crippen LogP) is 6.48. The van der Waals surface area contributed by atoms with Crippen molar-refractivity contribution >= 4 is 35.6 Å². The van der Waals surface area contributed by atoms with Crippen LogP contribution < -0.4 is 18.9 Å². The molecule has 15 heteroatoms. The van der Waals surface area contributed by atoms with Crippen LogP contribution in [-0.4, -0.2) is 71.2 Å². The normalized spacial score (nSPS) is 11.5. The average Bonchev–Trinajstić information content (AvgIpc) is 3.28.